The summed E-state index contributed by atoms with van der Waals surface area (Å²) >= 11 is 0. The third-order valence-electron chi connectivity index (χ3n) is 4.59. The van der Waals surface area contributed by atoms with Crippen LogP contribution >= 0.6 is 0 Å². The Bertz CT molecular complexity index is 1040. The van der Waals surface area contributed by atoms with Crippen LogP contribution in [0.2, 0.25) is 0 Å². The highest BCUT2D eigenvalue weighted by atomic mass is 19.1. The van der Waals surface area contributed by atoms with Crippen LogP contribution in [0.5, 0.6) is 0 Å². The first-order chi connectivity index (χ1) is 14.5. The largest absolute Gasteiger partial charge is 0.324 e. The van der Waals surface area contributed by atoms with E-state index < -0.39 is 5.82 Å². The minimum Gasteiger partial charge on any atom is -0.324 e. The molecule has 0 atom stereocenters. The van der Waals surface area contributed by atoms with Gasteiger partial charge in [-0.25, -0.2) is 8.78 Å². The van der Waals surface area contributed by atoms with E-state index in [1.807, 2.05) is 23.1 Å². The molecule has 0 unspecified atom stereocenters. The zero-order valence-electron chi connectivity index (χ0n) is 16.3. The van der Waals surface area contributed by atoms with Crippen molar-refractivity contribution in [2.45, 2.75) is 19.5 Å². The van der Waals surface area contributed by atoms with Gasteiger partial charge in [0, 0.05) is 26.1 Å². The Morgan fingerprint density at radius 1 is 0.933 bits per heavy atom. The molecule has 0 saturated heterocycles. The Hall–Kier alpha value is -3.56. The zero-order valence-corrected chi connectivity index (χ0v) is 16.3. The highest BCUT2D eigenvalue weighted by molar-refractivity contribution is 5.90. The maximum absolute atomic E-state index is 13.7. The average Bonchev–Trinajstić information content (AvgIpc) is 2.74. The van der Waals surface area contributed by atoms with Gasteiger partial charge in [0.25, 0.3) is 0 Å². The Kier molecular flexibility index (Phi) is 7.25. The summed E-state index contributed by atoms with van der Waals surface area (Å²) in [6.45, 7) is 1.37. The quantitative estimate of drug-likeness (QED) is 0.582. The number of anilines is 1. The lowest BCUT2D eigenvalue weighted by Gasteiger charge is -2.22. The molecule has 1 N–H and O–H groups in total. The van der Waals surface area contributed by atoms with E-state index in [1.165, 1.54) is 24.3 Å². The Morgan fingerprint density at radius 3 is 2.37 bits per heavy atom. The second-order valence-corrected chi connectivity index (χ2v) is 6.93. The predicted octanol–water partition coefficient (Wildman–Crippen LogP) is 4.87. The molecule has 0 aliphatic heterocycles. The number of rotatable bonds is 8. The van der Waals surface area contributed by atoms with Crippen LogP contribution in [0.3, 0.4) is 0 Å². The maximum atomic E-state index is 13.7. The zero-order chi connectivity index (χ0) is 21.3. The Labute approximate surface area is 174 Å². The summed E-state index contributed by atoms with van der Waals surface area (Å²) in [7, 11) is 0. The minimum atomic E-state index is -0.486. The summed E-state index contributed by atoms with van der Waals surface area (Å²) in [6, 6.07) is 21.6. The fraction of sp³-hybridized carbons (Fsp3) is 0.167. The number of nitrogens with one attached hydrogen (secondary N) is 1. The summed E-state index contributed by atoms with van der Waals surface area (Å²) in [4.78, 5) is 14.3. The van der Waals surface area contributed by atoms with Gasteiger partial charge in [-0.3, -0.25) is 9.69 Å². The number of halogens is 2. The van der Waals surface area contributed by atoms with Crippen molar-refractivity contribution < 1.29 is 13.6 Å². The lowest BCUT2D eigenvalue weighted by Crippen LogP contribution is -2.27. The second kappa shape index (κ2) is 10.3. The molecule has 0 aliphatic carbocycles. The minimum absolute atomic E-state index is 0.145. The highest BCUT2D eigenvalue weighted by Gasteiger charge is 2.12. The van der Waals surface area contributed by atoms with Crippen LogP contribution in [0, 0.1) is 23.0 Å². The molecule has 30 heavy (non-hydrogen) atoms. The second-order valence-electron chi connectivity index (χ2n) is 6.93. The van der Waals surface area contributed by atoms with Crippen LogP contribution < -0.4 is 5.32 Å². The van der Waals surface area contributed by atoms with Crippen molar-refractivity contribution in [2.24, 2.45) is 0 Å². The molecule has 0 heterocycles. The smallest absolute Gasteiger partial charge is 0.225 e. The first-order valence-corrected chi connectivity index (χ1v) is 9.54. The van der Waals surface area contributed by atoms with Crippen LogP contribution in [0.25, 0.3) is 0 Å². The number of nitrogens with zero attached hydrogens (tertiary/aromatic N) is 2. The van der Waals surface area contributed by atoms with Gasteiger partial charge in [0.05, 0.1) is 17.3 Å². The van der Waals surface area contributed by atoms with Gasteiger partial charge in [0.1, 0.15) is 11.6 Å². The molecule has 1 amide bonds. The molecule has 0 fully saturated rings. The van der Waals surface area contributed by atoms with Crippen LogP contribution in [-0.4, -0.2) is 17.4 Å². The van der Waals surface area contributed by atoms with E-state index in [4.69, 9.17) is 5.26 Å². The fourth-order valence-electron chi connectivity index (χ4n) is 3.09. The van der Waals surface area contributed by atoms with Crippen LogP contribution in [0.1, 0.15) is 23.1 Å². The molecule has 4 nitrogen and oxygen atoms in total. The summed E-state index contributed by atoms with van der Waals surface area (Å²) < 4.78 is 27.3. The highest BCUT2D eigenvalue weighted by Crippen LogP contribution is 2.15. The molecule has 3 rings (SSSR count). The first-order valence-electron chi connectivity index (χ1n) is 9.54. The lowest BCUT2D eigenvalue weighted by molar-refractivity contribution is -0.116. The molecule has 3 aromatic rings. The van der Waals surface area contributed by atoms with E-state index in [0.717, 1.165) is 11.1 Å². The number of para-hydroxylation sites is 1. The van der Waals surface area contributed by atoms with E-state index in [1.54, 1.807) is 30.3 Å². The monoisotopic (exact) mass is 405 g/mol. The van der Waals surface area contributed by atoms with Gasteiger partial charge >= 0.3 is 0 Å². The first kappa shape index (κ1) is 21.2. The third kappa shape index (κ3) is 6.23. The van der Waals surface area contributed by atoms with Gasteiger partial charge < -0.3 is 5.32 Å². The average molecular weight is 405 g/mol. The predicted molar refractivity (Wildman–Crippen MR) is 111 cm³/mol. The summed E-state index contributed by atoms with van der Waals surface area (Å²) in [5.74, 6) is -1.10. The van der Waals surface area contributed by atoms with E-state index in [2.05, 4.69) is 11.4 Å². The molecule has 3 aromatic carbocycles. The molecule has 6 heteroatoms. The molecule has 152 valence electrons. The van der Waals surface area contributed by atoms with Crippen molar-refractivity contribution in [3.05, 3.63) is 101 Å². The Balaban J connectivity index is 1.67. The molecular formula is C24H21F2N3O. The van der Waals surface area contributed by atoms with Gasteiger partial charge in [-0.2, -0.15) is 5.26 Å². The summed E-state index contributed by atoms with van der Waals surface area (Å²) in [5, 5.41) is 11.5. The van der Waals surface area contributed by atoms with Crippen molar-refractivity contribution >= 4 is 11.6 Å². The van der Waals surface area contributed by atoms with Gasteiger partial charge in [-0.05, 0) is 47.5 Å². The number of nitriles is 1. The Morgan fingerprint density at radius 2 is 1.67 bits per heavy atom. The molecule has 0 radical (unpaired) electrons. The molecular weight excluding hydrogens is 384 g/mol. The number of benzene rings is 3. The maximum Gasteiger partial charge on any atom is 0.225 e. The number of carbonyl (C=O) groups is 1. The van der Waals surface area contributed by atoms with Gasteiger partial charge in [-0.1, -0.05) is 36.4 Å². The standard InChI is InChI=1S/C24H21F2N3O/c25-21-5-3-4-20(14-21)17-29(16-19-10-8-18(15-27)9-11-19)13-12-24(30)28-23-7-2-1-6-22(23)26/h1-11,14H,12-13,16-17H2,(H,28,30). The lowest BCUT2D eigenvalue weighted by atomic mass is 10.1. The topological polar surface area (TPSA) is 56.1 Å². The van der Waals surface area contributed by atoms with Gasteiger partial charge in [0.2, 0.25) is 5.91 Å². The van der Waals surface area contributed by atoms with Crippen molar-refractivity contribution in [3.63, 3.8) is 0 Å². The molecule has 0 bridgehead atoms. The SMILES string of the molecule is N#Cc1ccc(CN(CCC(=O)Nc2ccccc2F)Cc2cccc(F)c2)cc1. The third-order valence-corrected chi connectivity index (χ3v) is 4.59. The number of amides is 1. The summed E-state index contributed by atoms with van der Waals surface area (Å²) in [6.07, 6.45) is 0.153. The molecule has 0 saturated carbocycles. The van der Waals surface area contributed by atoms with Crippen molar-refractivity contribution in [2.75, 3.05) is 11.9 Å². The van der Waals surface area contributed by atoms with Crippen LogP contribution in [0.15, 0.2) is 72.8 Å². The van der Waals surface area contributed by atoms with E-state index in [9.17, 15) is 13.6 Å². The number of carbonyl (C=O) groups excluding carboxylic acids is 1. The molecule has 0 aromatic heterocycles. The van der Waals surface area contributed by atoms with Crippen molar-refractivity contribution in [1.82, 2.24) is 4.90 Å². The summed E-state index contributed by atoms with van der Waals surface area (Å²) in [5.41, 5.74) is 2.48. The molecule has 0 aliphatic rings. The number of hydrogen-bond acceptors (Lipinski definition) is 3. The van der Waals surface area contributed by atoms with Crippen LogP contribution in [-0.2, 0) is 17.9 Å². The molecule has 0 spiro atoms. The van der Waals surface area contributed by atoms with Crippen LogP contribution in [0.4, 0.5) is 14.5 Å². The van der Waals surface area contributed by atoms with Crippen molar-refractivity contribution in [3.8, 4) is 6.07 Å². The van der Waals surface area contributed by atoms with E-state index in [0.29, 0.717) is 25.2 Å². The van der Waals surface area contributed by atoms with Gasteiger partial charge in [-0.15, -0.1) is 0 Å². The normalized spacial score (nSPS) is 10.6. The van der Waals surface area contributed by atoms with Gasteiger partial charge in [0.15, 0.2) is 0 Å². The fourth-order valence-corrected chi connectivity index (χ4v) is 3.09. The van der Waals surface area contributed by atoms with Crippen molar-refractivity contribution in [1.29, 1.82) is 5.26 Å². The van der Waals surface area contributed by atoms with E-state index in [-0.39, 0.29) is 23.8 Å². The number of hydrogen-bond donors (Lipinski definition) is 1. The van der Waals surface area contributed by atoms with E-state index >= 15 is 0 Å².